The van der Waals surface area contributed by atoms with Crippen molar-refractivity contribution in [1.82, 2.24) is 10.9 Å². The minimum atomic E-state index is -0.623. The van der Waals surface area contributed by atoms with Crippen LogP contribution in [-0.4, -0.2) is 30.1 Å². The summed E-state index contributed by atoms with van der Waals surface area (Å²) in [4.78, 5) is 35.7. The lowest BCUT2D eigenvalue weighted by molar-refractivity contribution is -0.123. The molecule has 0 unspecified atom stereocenters. The van der Waals surface area contributed by atoms with Gasteiger partial charge >= 0.3 is 6.09 Å². The van der Waals surface area contributed by atoms with E-state index in [1.54, 1.807) is 45.0 Å². The van der Waals surface area contributed by atoms with Gasteiger partial charge in [0.1, 0.15) is 17.4 Å². The Kier molecular flexibility index (Phi) is 7.36. The van der Waals surface area contributed by atoms with Crippen molar-refractivity contribution in [3.63, 3.8) is 0 Å². The van der Waals surface area contributed by atoms with E-state index in [9.17, 15) is 14.4 Å². The maximum atomic E-state index is 12.1. The lowest BCUT2D eigenvalue weighted by atomic mass is 10.2. The zero-order valence-electron chi connectivity index (χ0n) is 16.8. The number of rotatable bonds is 5. The van der Waals surface area contributed by atoms with Crippen LogP contribution in [0.1, 0.15) is 36.7 Å². The number of hydrogen-bond donors (Lipinski definition) is 3. The molecule has 0 bridgehead atoms. The number of benzene rings is 2. The Labute approximate surface area is 173 Å². The van der Waals surface area contributed by atoms with Crippen molar-refractivity contribution in [2.45, 2.75) is 26.4 Å². The van der Waals surface area contributed by atoms with Crippen molar-refractivity contribution in [3.05, 3.63) is 59.7 Å². The van der Waals surface area contributed by atoms with Crippen LogP contribution < -0.4 is 20.9 Å². The molecule has 0 aromatic heterocycles. The highest BCUT2D eigenvalue weighted by Crippen LogP contribution is 2.16. The summed E-state index contributed by atoms with van der Waals surface area (Å²) < 4.78 is 10.4. The number of hydrogen-bond acceptors (Lipinski definition) is 6. The number of carbonyl (C=O) groups is 3. The summed E-state index contributed by atoms with van der Waals surface area (Å²) in [5, 5.41) is 11.5. The summed E-state index contributed by atoms with van der Waals surface area (Å²) in [6.45, 7) is 4.88. The molecule has 0 atom stereocenters. The lowest BCUT2D eigenvalue weighted by Gasteiger charge is -2.19. The Morgan fingerprint density at radius 3 is 2.30 bits per heavy atom. The number of nitrogens with zero attached hydrogens (tertiary/aromatic N) is 1. The van der Waals surface area contributed by atoms with Gasteiger partial charge in [0.25, 0.3) is 11.8 Å². The molecule has 0 spiro atoms. The molecular formula is C21H22N4O5. The number of hydrazine groups is 1. The maximum Gasteiger partial charge on any atom is 0.412 e. The molecule has 2 rings (SSSR count). The Morgan fingerprint density at radius 1 is 1.00 bits per heavy atom. The molecule has 0 fully saturated rings. The summed E-state index contributed by atoms with van der Waals surface area (Å²) in [5.41, 5.74) is 4.88. The van der Waals surface area contributed by atoms with Crippen molar-refractivity contribution in [1.29, 1.82) is 5.26 Å². The molecule has 0 saturated carbocycles. The van der Waals surface area contributed by atoms with Crippen LogP contribution in [0.3, 0.4) is 0 Å². The highest BCUT2D eigenvalue weighted by atomic mass is 16.6. The monoisotopic (exact) mass is 410 g/mol. The van der Waals surface area contributed by atoms with Gasteiger partial charge in [-0.05, 0) is 57.2 Å². The fraction of sp³-hybridized carbons (Fsp3) is 0.238. The molecule has 0 aliphatic rings. The van der Waals surface area contributed by atoms with E-state index >= 15 is 0 Å². The molecule has 3 N–H and O–H groups in total. The summed E-state index contributed by atoms with van der Waals surface area (Å²) in [5.74, 6) is -0.876. The Bertz CT molecular complexity index is 959. The van der Waals surface area contributed by atoms with Gasteiger partial charge in [-0.2, -0.15) is 5.26 Å². The third-order valence-electron chi connectivity index (χ3n) is 3.47. The van der Waals surface area contributed by atoms with Crippen molar-refractivity contribution in [2.24, 2.45) is 0 Å². The van der Waals surface area contributed by atoms with Gasteiger partial charge in [0.15, 0.2) is 6.61 Å². The Balaban J connectivity index is 1.81. The summed E-state index contributed by atoms with van der Waals surface area (Å²) in [6.07, 6.45) is -0.607. The van der Waals surface area contributed by atoms with Gasteiger partial charge < -0.3 is 9.47 Å². The molecule has 2 aromatic rings. The van der Waals surface area contributed by atoms with E-state index < -0.39 is 23.5 Å². The number of anilines is 1. The van der Waals surface area contributed by atoms with Crippen LogP contribution in [0.4, 0.5) is 10.5 Å². The molecule has 0 saturated heterocycles. The van der Waals surface area contributed by atoms with Crippen LogP contribution >= 0.6 is 0 Å². The molecule has 0 aliphatic heterocycles. The highest BCUT2D eigenvalue weighted by Gasteiger charge is 2.16. The minimum Gasteiger partial charge on any atom is -0.482 e. The van der Waals surface area contributed by atoms with Crippen molar-refractivity contribution in [2.75, 3.05) is 11.9 Å². The number of nitrogens with one attached hydrogen (secondary N) is 3. The molecule has 9 nitrogen and oxygen atoms in total. The zero-order chi connectivity index (χ0) is 22.1. The Morgan fingerprint density at radius 2 is 1.67 bits per heavy atom. The second-order valence-corrected chi connectivity index (χ2v) is 7.10. The molecule has 0 heterocycles. The van der Waals surface area contributed by atoms with E-state index in [-0.39, 0.29) is 17.9 Å². The average molecular weight is 410 g/mol. The number of nitriles is 1. The smallest absolute Gasteiger partial charge is 0.412 e. The second-order valence-electron chi connectivity index (χ2n) is 7.10. The molecule has 3 amide bonds. The SMILES string of the molecule is CC(C)(C)OC(=O)Nc1ccc(C(=O)NNC(=O)COc2ccccc2C#N)cc1. The number of ether oxygens (including phenoxy) is 2. The standard InChI is InChI=1S/C21H22N4O5/c1-21(2,3)30-20(28)23-16-10-8-14(9-11-16)19(27)25-24-18(26)13-29-17-7-5-4-6-15(17)12-22/h4-11H,13H2,1-3H3,(H,23,28)(H,24,26)(H,25,27). The first-order valence-corrected chi connectivity index (χ1v) is 8.99. The van der Waals surface area contributed by atoms with Gasteiger partial charge in [0.2, 0.25) is 0 Å². The van der Waals surface area contributed by atoms with E-state index in [4.69, 9.17) is 14.7 Å². The third-order valence-corrected chi connectivity index (χ3v) is 3.47. The number of para-hydroxylation sites is 1. The average Bonchev–Trinajstić information content (AvgIpc) is 2.69. The van der Waals surface area contributed by atoms with Gasteiger partial charge in [0.05, 0.1) is 5.56 Å². The van der Waals surface area contributed by atoms with E-state index in [1.165, 1.54) is 24.3 Å². The highest BCUT2D eigenvalue weighted by molar-refractivity contribution is 5.96. The van der Waals surface area contributed by atoms with Crippen LogP contribution in [0.25, 0.3) is 0 Å². The zero-order valence-corrected chi connectivity index (χ0v) is 16.8. The molecule has 156 valence electrons. The summed E-state index contributed by atoms with van der Waals surface area (Å²) in [7, 11) is 0. The van der Waals surface area contributed by atoms with Gasteiger partial charge in [0, 0.05) is 11.3 Å². The van der Waals surface area contributed by atoms with Crippen LogP contribution in [0.5, 0.6) is 5.75 Å². The maximum absolute atomic E-state index is 12.1. The van der Waals surface area contributed by atoms with Crippen LogP contribution in [0.15, 0.2) is 48.5 Å². The van der Waals surface area contributed by atoms with Gasteiger partial charge in [-0.1, -0.05) is 12.1 Å². The van der Waals surface area contributed by atoms with E-state index in [0.29, 0.717) is 11.3 Å². The number of carbonyl (C=O) groups excluding carboxylic acids is 3. The van der Waals surface area contributed by atoms with E-state index in [1.807, 2.05) is 6.07 Å². The lowest BCUT2D eigenvalue weighted by Crippen LogP contribution is -2.43. The topological polar surface area (TPSA) is 130 Å². The molecule has 2 aromatic carbocycles. The van der Waals surface area contributed by atoms with Gasteiger partial charge in [-0.3, -0.25) is 25.8 Å². The van der Waals surface area contributed by atoms with E-state index in [2.05, 4.69) is 16.2 Å². The van der Waals surface area contributed by atoms with Crippen molar-refractivity contribution in [3.8, 4) is 11.8 Å². The molecule has 9 heteroatoms. The second kappa shape index (κ2) is 9.93. The number of amides is 3. The van der Waals surface area contributed by atoms with Crippen molar-refractivity contribution < 1.29 is 23.9 Å². The van der Waals surface area contributed by atoms with Crippen LogP contribution in [0, 0.1) is 11.3 Å². The molecular weight excluding hydrogens is 388 g/mol. The largest absolute Gasteiger partial charge is 0.482 e. The first kappa shape index (κ1) is 22.2. The fourth-order valence-corrected chi connectivity index (χ4v) is 2.19. The molecule has 0 aliphatic carbocycles. The quantitative estimate of drug-likeness (QED) is 0.650. The van der Waals surface area contributed by atoms with Crippen molar-refractivity contribution >= 4 is 23.6 Å². The molecule has 30 heavy (non-hydrogen) atoms. The normalized spacial score (nSPS) is 10.3. The summed E-state index contributed by atoms with van der Waals surface area (Å²) in [6, 6.07) is 14.5. The minimum absolute atomic E-state index is 0.265. The van der Waals surface area contributed by atoms with Crippen LogP contribution in [0.2, 0.25) is 0 Å². The first-order chi connectivity index (χ1) is 14.2. The Hall–Kier alpha value is -4.06. The molecule has 0 radical (unpaired) electrons. The third kappa shape index (κ3) is 7.16. The predicted molar refractivity (Wildman–Crippen MR) is 109 cm³/mol. The predicted octanol–water partition coefficient (Wildman–Crippen LogP) is 2.75. The van der Waals surface area contributed by atoms with E-state index in [0.717, 1.165) is 0 Å². The van der Waals surface area contributed by atoms with Gasteiger partial charge in [-0.25, -0.2) is 4.79 Å². The summed E-state index contributed by atoms with van der Waals surface area (Å²) >= 11 is 0. The fourth-order valence-electron chi connectivity index (χ4n) is 2.19. The van der Waals surface area contributed by atoms with Crippen LogP contribution in [-0.2, 0) is 9.53 Å². The first-order valence-electron chi connectivity index (χ1n) is 8.99. The van der Waals surface area contributed by atoms with Gasteiger partial charge in [-0.15, -0.1) is 0 Å².